The summed E-state index contributed by atoms with van der Waals surface area (Å²) in [5.41, 5.74) is -1.57. The molecule has 4 heterocycles. The Morgan fingerprint density at radius 1 is 1.16 bits per heavy atom. The lowest BCUT2D eigenvalue weighted by molar-refractivity contribution is -0.460. The van der Waals surface area contributed by atoms with Crippen molar-refractivity contribution in [2.24, 2.45) is 28.6 Å². The van der Waals surface area contributed by atoms with Gasteiger partial charge in [0, 0.05) is 30.6 Å². The van der Waals surface area contributed by atoms with Gasteiger partial charge in [0.25, 0.3) is 0 Å². The summed E-state index contributed by atoms with van der Waals surface area (Å²) in [5, 5.41) is 0. The molecule has 206 valence electrons. The van der Waals surface area contributed by atoms with E-state index in [4.69, 9.17) is 23.4 Å². The third-order valence-corrected chi connectivity index (χ3v) is 13.6. The Bertz CT molecular complexity index is 1020. The summed E-state index contributed by atoms with van der Waals surface area (Å²) in [6, 6.07) is -0.121. The molecule has 1 amide bonds. The van der Waals surface area contributed by atoms with E-state index in [9.17, 15) is 9.59 Å². The normalized spacial score (nSPS) is 51.5. The maximum atomic E-state index is 14.6. The monoisotopic (exact) mass is 661 g/mol. The quantitative estimate of drug-likeness (QED) is 0.254. The summed E-state index contributed by atoms with van der Waals surface area (Å²) in [5.74, 6) is -0.136. The molecule has 10 atom stereocenters. The van der Waals surface area contributed by atoms with Gasteiger partial charge in [-0.05, 0) is 50.7 Å². The Morgan fingerprint density at radius 2 is 1.89 bits per heavy atom. The predicted molar refractivity (Wildman–Crippen MR) is 142 cm³/mol. The van der Waals surface area contributed by atoms with Crippen molar-refractivity contribution in [3.05, 3.63) is 0 Å². The molecule has 8 fully saturated rings. The smallest absolute Gasteiger partial charge is 0.243 e. The van der Waals surface area contributed by atoms with Gasteiger partial charge in [-0.2, -0.15) is 0 Å². The summed E-state index contributed by atoms with van der Waals surface area (Å²) in [6.45, 7) is 9.92. The topological polar surface area (TPSA) is 83.5 Å². The Kier molecular flexibility index (Phi) is 5.71. The van der Waals surface area contributed by atoms with Crippen LogP contribution < -0.4 is 0 Å². The number of hydrogen-bond acceptors (Lipinski definition) is 7. The fourth-order valence-corrected chi connectivity index (χ4v) is 13.1. The van der Waals surface area contributed by atoms with Crippen molar-refractivity contribution in [3.63, 3.8) is 0 Å². The predicted octanol–water partition coefficient (Wildman–Crippen LogP) is 4.15. The van der Waals surface area contributed by atoms with E-state index < -0.39 is 31.5 Å². The minimum absolute atomic E-state index is 0.121. The molecule has 8 rings (SSSR count). The largest absolute Gasteiger partial charge is 0.410 e. The van der Waals surface area contributed by atoms with E-state index in [2.05, 4.69) is 58.4 Å². The third-order valence-electron chi connectivity index (χ3n) is 11.1. The molecule has 4 saturated carbocycles. The molecule has 0 aromatic heterocycles. The number of carbonyl (C=O) groups is 2. The maximum Gasteiger partial charge on any atom is 0.243 e. The summed E-state index contributed by atoms with van der Waals surface area (Å²) >= 11 is 7.91. The first kappa shape index (κ1) is 26.0. The van der Waals surface area contributed by atoms with Crippen molar-refractivity contribution in [3.8, 4) is 0 Å². The number of alkyl halides is 2. The van der Waals surface area contributed by atoms with Crippen LogP contribution in [-0.2, 0) is 33.0 Å². The highest BCUT2D eigenvalue weighted by atomic mass is 79.9. The zero-order chi connectivity index (χ0) is 26.2. The molecule has 8 aliphatic rings. The minimum atomic E-state index is -2.01. The van der Waals surface area contributed by atoms with Crippen molar-refractivity contribution in [2.45, 2.75) is 105 Å². The standard InChI is InChI=1S/C26H37Br2NO7Si/c1-23-12-17(31)18-14(15(23)6-8-25(23)32-9-10-33-25)5-7-24-11-16-19(36-37(2,3)4)20(26(18,24)21(27)28)34-22(35-24)29(16)13-30/h13-16,18-22H,5-12H2,1-4H3/t14-,15-,16-,18+,19+,20+,22+,23-,24+,26-/m0/s1. The molecule has 11 heteroatoms. The van der Waals surface area contributed by atoms with Gasteiger partial charge in [-0.3, -0.25) is 14.5 Å². The van der Waals surface area contributed by atoms with E-state index >= 15 is 0 Å². The minimum Gasteiger partial charge on any atom is -0.410 e. The van der Waals surface area contributed by atoms with E-state index in [0.29, 0.717) is 32.0 Å². The number of ether oxygens (including phenoxy) is 4. The second kappa shape index (κ2) is 8.11. The zero-order valence-corrected chi connectivity index (χ0v) is 26.1. The third kappa shape index (κ3) is 3.06. The molecule has 0 aromatic carbocycles. The second-order valence-corrected chi connectivity index (χ2v) is 21.1. The molecule has 0 aromatic rings. The van der Waals surface area contributed by atoms with Crippen LogP contribution in [0.25, 0.3) is 0 Å². The van der Waals surface area contributed by atoms with Gasteiger partial charge in [0.05, 0.1) is 40.1 Å². The van der Waals surface area contributed by atoms with E-state index in [-0.39, 0.29) is 45.0 Å². The first-order valence-corrected chi connectivity index (χ1v) is 19.0. The lowest BCUT2D eigenvalue weighted by Crippen LogP contribution is -2.86. The van der Waals surface area contributed by atoms with Crippen LogP contribution in [0.4, 0.5) is 0 Å². The average molecular weight is 663 g/mol. The molecular formula is C26H37Br2NO7Si. The molecule has 4 saturated heterocycles. The SMILES string of the molecule is C[C@]12CC(=O)[C@H]3[C@@H](CC[C@]45C[C@H]6[C@@H](O[Si](C)(C)C)[C@@H](O[C@H](O4)N6C=O)[C@]35C(Br)Br)[C@@H]1CCC21OCCO1. The number of rotatable bonds is 4. The van der Waals surface area contributed by atoms with Crippen LogP contribution in [0.1, 0.15) is 45.4 Å². The first-order chi connectivity index (χ1) is 17.4. The number of Topliss-reactive ketones (excluding diaryl/α,β-unsaturated/α-hetero) is 1. The Hall–Kier alpha value is 0.117. The summed E-state index contributed by atoms with van der Waals surface area (Å²) in [4.78, 5) is 28.4. The van der Waals surface area contributed by atoms with Gasteiger partial charge in [0.1, 0.15) is 11.9 Å². The van der Waals surface area contributed by atoms with Gasteiger partial charge >= 0.3 is 0 Å². The van der Waals surface area contributed by atoms with Crippen molar-refractivity contribution in [1.29, 1.82) is 0 Å². The fourth-order valence-electron chi connectivity index (χ4n) is 10.0. The Labute approximate surface area is 236 Å². The van der Waals surface area contributed by atoms with Crippen LogP contribution >= 0.6 is 31.9 Å². The van der Waals surface area contributed by atoms with Gasteiger partial charge in [0.15, 0.2) is 14.1 Å². The van der Waals surface area contributed by atoms with Crippen LogP contribution in [0.5, 0.6) is 0 Å². The molecule has 0 unspecified atom stereocenters. The average Bonchev–Trinajstić information content (AvgIpc) is 3.40. The van der Waals surface area contributed by atoms with Crippen LogP contribution in [0.2, 0.25) is 19.6 Å². The van der Waals surface area contributed by atoms with Crippen molar-refractivity contribution in [2.75, 3.05) is 13.2 Å². The van der Waals surface area contributed by atoms with Crippen LogP contribution in [-0.4, -0.2) is 78.4 Å². The van der Waals surface area contributed by atoms with Crippen molar-refractivity contribution < 1.29 is 33.0 Å². The summed E-state index contributed by atoms with van der Waals surface area (Å²) in [7, 11) is -2.01. The van der Waals surface area contributed by atoms with Gasteiger partial charge in [-0.25, -0.2) is 0 Å². The molecule has 4 aliphatic carbocycles. The highest BCUT2D eigenvalue weighted by molar-refractivity contribution is 9.24. The van der Waals surface area contributed by atoms with E-state index in [0.717, 1.165) is 32.1 Å². The van der Waals surface area contributed by atoms with Crippen LogP contribution in [0.15, 0.2) is 0 Å². The summed E-state index contributed by atoms with van der Waals surface area (Å²) < 4.78 is 32.6. The van der Waals surface area contributed by atoms with E-state index in [1.165, 1.54) is 0 Å². The van der Waals surface area contributed by atoms with Gasteiger partial charge in [-0.15, -0.1) is 0 Å². The molecule has 0 radical (unpaired) electrons. The number of halogens is 2. The lowest BCUT2D eigenvalue weighted by atomic mass is 9.41. The highest BCUT2D eigenvalue weighted by Crippen LogP contribution is 2.74. The second-order valence-electron chi connectivity index (χ2n) is 13.6. The molecular weight excluding hydrogens is 626 g/mol. The van der Waals surface area contributed by atoms with Crippen molar-refractivity contribution >= 4 is 52.4 Å². The lowest BCUT2D eigenvalue weighted by Gasteiger charge is -2.75. The van der Waals surface area contributed by atoms with E-state index in [1.54, 1.807) is 4.90 Å². The number of nitrogens with zero attached hydrogens (tertiary/aromatic N) is 1. The molecule has 37 heavy (non-hydrogen) atoms. The number of carbonyl (C=O) groups excluding carboxylic acids is 2. The maximum absolute atomic E-state index is 14.6. The molecule has 8 nitrogen and oxygen atoms in total. The fraction of sp³-hybridized carbons (Fsp3) is 0.923. The van der Waals surface area contributed by atoms with E-state index in [1.807, 2.05) is 0 Å². The molecule has 4 aliphatic heterocycles. The molecule has 4 bridgehead atoms. The first-order valence-electron chi connectivity index (χ1n) is 13.8. The van der Waals surface area contributed by atoms with Crippen molar-refractivity contribution in [1.82, 2.24) is 4.90 Å². The Morgan fingerprint density at radius 3 is 2.54 bits per heavy atom. The van der Waals surface area contributed by atoms with Crippen LogP contribution in [0.3, 0.4) is 0 Å². The molecule has 2 spiro atoms. The number of fused-ring (bicyclic) bond motifs is 4. The van der Waals surface area contributed by atoms with Gasteiger partial charge in [0.2, 0.25) is 12.8 Å². The van der Waals surface area contributed by atoms with Crippen LogP contribution in [0, 0.1) is 28.6 Å². The zero-order valence-electron chi connectivity index (χ0n) is 21.9. The Balaban J connectivity index is 1.36. The van der Waals surface area contributed by atoms with Gasteiger partial charge in [-0.1, -0.05) is 38.8 Å². The number of amides is 1. The summed E-state index contributed by atoms with van der Waals surface area (Å²) in [6.07, 6.45) is 4.09. The number of ketones is 1. The number of hydrogen-bond donors (Lipinski definition) is 0. The van der Waals surface area contributed by atoms with Gasteiger partial charge < -0.3 is 23.4 Å². The highest BCUT2D eigenvalue weighted by Gasteiger charge is 2.82. The molecule has 0 N–H and O–H groups in total.